The second-order valence-corrected chi connectivity index (χ2v) is 4.64. The lowest BCUT2D eigenvalue weighted by Crippen LogP contribution is -2.44. The van der Waals surface area contributed by atoms with Crippen LogP contribution in [0.25, 0.3) is 0 Å². The molecule has 0 rings (SSSR count). The van der Waals surface area contributed by atoms with Gasteiger partial charge in [-0.3, -0.25) is 0 Å². The number of ether oxygens (including phenoxy) is 1. The highest BCUT2D eigenvalue weighted by molar-refractivity contribution is 5.68. The summed E-state index contributed by atoms with van der Waals surface area (Å²) in [7, 11) is 0. The quantitative estimate of drug-likeness (QED) is 0.757. The predicted octanol–water partition coefficient (Wildman–Crippen LogP) is 2.06. The van der Waals surface area contributed by atoms with Gasteiger partial charge in [-0.05, 0) is 33.6 Å². The second kappa shape index (κ2) is 5.95. The fourth-order valence-corrected chi connectivity index (χ4v) is 1.21. The van der Waals surface area contributed by atoms with Gasteiger partial charge in [-0.15, -0.1) is 0 Å². The molecule has 0 bridgehead atoms. The maximum Gasteiger partial charge on any atom is 0.407 e. The van der Waals surface area contributed by atoms with E-state index in [1.54, 1.807) is 0 Å². The summed E-state index contributed by atoms with van der Waals surface area (Å²) in [6, 6.07) is -0.232. The lowest BCUT2D eigenvalue weighted by molar-refractivity contribution is 0.0415. The van der Waals surface area contributed by atoms with Crippen LogP contribution in [-0.4, -0.2) is 28.9 Å². The molecular weight excluding hydrogens is 194 g/mol. The minimum absolute atomic E-state index is 0.232. The molecule has 0 saturated heterocycles. The molecule has 0 radical (unpaired) electrons. The van der Waals surface area contributed by atoms with Crippen molar-refractivity contribution in [2.75, 3.05) is 0 Å². The SMILES string of the molecule is CC[C@@H](O)[C@@H](CC)NC(=O)OC(C)(C)C. The molecule has 0 aliphatic carbocycles. The standard InChI is InChI=1S/C11H23NO3/c1-6-8(9(13)7-2)12-10(14)15-11(3,4)5/h8-9,13H,6-7H2,1-5H3,(H,12,14)/t8-,9-/m1/s1. The van der Waals surface area contributed by atoms with Gasteiger partial charge in [-0.25, -0.2) is 4.79 Å². The van der Waals surface area contributed by atoms with E-state index >= 15 is 0 Å². The smallest absolute Gasteiger partial charge is 0.407 e. The van der Waals surface area contributed by atoms with Crippen molar-refractivity contribution < 1.29 is 14.6 Å². The Hall–Kier alpha value is -0.770. The number of alkyl carbamates (subject to hydrolysis) is 1. The van der Waals surface area contributed by atoms with Gasteiger partial charge in [0.25, 0.3) is 0 Å². The van der Waals surface area contributed by atoms with E-state index in [1.165, 1.54) is 0 Å². The first kappa shape index (κ1) is 14.2. The first-order valence-corrected chi connectivity index (χ1v) is 5.47. The molecule has 0 aliphatic rings. The first-order chi connectivity index (χ1) is 6.80. The van der Waals surface area contributed by atoms with E-state index in [0.717, 1.165) is 0 Å². The number of amides is 1. The van der Waals surface area contributed by atoms with E-state index in [1.807, 2.05) is 34.6 Å². The molecule has 15 heavy (non-hydrogen) atoms. The topological polar surface area (TPSA) is 58.6 Å². The van der Waals surface area contributed by atoms with Crippen molar-refractivity contribution >= 4 is 6.09 Å². The molecule has 0 aromatic carbocycles. The van der Waals surface area contributed by atoms with Crippen LogP contribution in [0.2, 0.25) is 0 Å². The second-order valence-electron chi connectivity index (χ2n) is 4.64. The van der Waals surface area contributed by atoms with Gasteiger partial charge in [0.1, 0.15) is 5.60 Å². The van der Waals surface area contributed by atoms with Crippen molar-refractivity contribution in [2.45, 2.75) is 65.2 Å². The van der Waals surface area contributed by atoms with Crippen LogP contribution in [0.15, 0.2) is 0 Å². The van der Waals surface area contributed by atoms with Crippen molar-refractivity contribution in [1.82, 2.24) is 5.32 Å². The first-order valence-electron chi connectivity index (χ1n) is 5.47. The summed E-state index contributed by atoms with van der Waals surface area (Å²) in [5, 5.41) is 12.3. The van der Waals surface area contributed by atoms with Crippen molar-refractivity contribution in [1.29, 1.82) is 0 Å². The fourth-order valence-electron chi connectivity index (χ4n) is 1.21. The maximum atomic E-state index is 11.4. The highest BCUT2D eigenvalue weighted by Gasteiger charge is 2.22. The molecular formula is C11H23NO3. The zero-order valence-electron chi connectivity index (χ0n) is 10.3. The summed E-state index contributed by atoms with van der Waals surface area (Å²) >= 11 is 0. The summed E-state index contributed by atoms with van der Waals surface area (Å²) in [4.78, 5) is 11.4. The fraction of sp³-hybridized carbons (Fsp3) is 0.909. The zero-order chi connectivity index (χ0) is 12.1. The third kappa shape index (κ3) is 6.33. The Bertz CT molecular complexity index is 198. The van der Waals surface area contributed by atoms with Crippen molar-refractivity contribution in [3.05, 3.63) is 0 Å². The Kier molecular flexibility index (Phi) is 5.65. The van der Waals surface area contributed by atoms with Gasteiger partial charge in [0.05, 0.1) is 12.1 Å². The lowest BCUT2D eigenvalue weighted by atomic mass is 10.1. The molecule has 2 N–H and O–H groups in total. The summed E-state index contributed by atoms with van der Waals surface area (Å²) in [5.74, 6) is 0. The Morgan fingerprint density at radius 3 is 2.20 bits per heavy atom. The van der Waals surface area contributed by atoms with Crippen molar-refractivity contribution in [3.8, 4) is 0 Å². The molecule has 0 spiro atoms. The molecule has 1 amide bonds. The Labute approximate surface area is 92.0 Å². The molecule has 0 heterocycles. The van der Waals surface area contributed by atoms with Crippen LogP contribution < -0.4 is 5.32 Å². The van der Waals surface area contributed by atoms with Gasteiger partial charge in [0.15, 0.2) is 0 Å². The van der Waals surface area contributed by atoms with Crippen LogP contribution in [0.5, 0.6) is 0 Å². The van der Waals surface area contributed by atoms with Gasteiger partial charge < -0.3 is 15.2 Å². The minimum atomic E-state index is -0.512. The third-order valence-corrected chi connectivity index (χ3v) is 2.02. The summed E-state index contributed by atoms with van der Waals surface area (Å²) in [6.07, 6.45) is 0.326. The number of carbonyl (C=O) groups excluding carboxylic acids is 1. The monoisotopic (exact) mass is 217 g/mol. The average Bonchev–Trinajstić information content (AvgIpc) is 2.10. The van der Waals surface area contributed by atoms with E-state index in [2.05, 4.69) is 5.32 Å². The molecule has 0 aromatic rings. The normalized spacial score (nSPS) is 15.6. The number of nitrogens with one attached hydrogen (secondary N) is 1. The van der Waals surface area contributed by atoms with Gasteiger partial charge >= 0.3 is 6.09 Å². The molecule has 2 atom stereocenters. The molecule has 0 aromatic heterocycles. The van der Waals surface area contributed by atoms with E-state index < -0.39 is 17.8 Å². The van der Waals surface area contributed by atoms with Crippen LogP contribution in [-0.2, 0) is 4.74 Å². The Morgan fingerprint density at radius 2 is 1.87 bits per heavy atom. The van der Waals surface area contributed by atoms with E-state index in [4.69, 9.17) is 4.74 Å². The molecule has 0 saturated carbocycles. The van der Waals surface area contributed by atoms with Gasteiger partial charge in [-0.1, -0.05) is 13.8 Å². The Morgan fingerprint density at radius 1 is 1.33 bits per heavy atom. The van der Waals surface area contributed by atoms with Crippen LogP contribution in [0.4, 0.5) is 4.79 Å². The van der Waals surface area contributed by atoms with Crippen molar-refractivity contribution in [2.24, 2.45) is 0 Å². The highest BCUT2D eigenvalue weighted by atomic mass is 16.6. The maximum absolute atomic E-state index is 11.4. The number of aliphatic hydroxyl groups is 1. The number of carbonyl (C=O) groups is 1. The van der Waals surface area contributed by atoms with E-state index in [-0.39, 0.29) is 6.04 Å². The molecule has 0 unspecified atom stereocenters. The number of hydrogen-bond donors (Lipinski definition) is 2. The molecule has 0 aliphatic heterocycles. The Balaban J connectivity index is 4.13. The van der Waals surface area contributed by atoms with Crippen LogP contribution >= 0.6 is 0 Å². The number of hydrogen-bond acceptors (Lipinski definition) is 3. The molecule has 4 nitrogen and oxygen atoms in total. The van der Waals surface area contributed by atoms with Gasteiger partial charge in [0.2, 0.25) is 0 Å². The van der Waals surface area contributed by atoms with Crippen LogP contribution in [0.3, 0.4) is 0 Å². The largest absolute Gasteiger partial charge is 0.444 e. The zero-order valence-corrected chi connectivity index (χ0v) is 10.3. The summed E-state index contributed by atoms with van der Waals surface area (Å²) < 4.78 is 5.10. The summed E-state index contributed by atoms with van der Waals surface area (Å²) in [5.41, 5.74) is -0.500. The van der Waals surface area contributed by atoms with E-state index in [9.17, 15) is 9.90 Å². The molecule has 4 heteroatoms. The van der Waals surface area contributed by atoms with Crippen molar-refractivity contribution in [3.63, 3.8) is 0 Å². The van der Waals surface area contributed by atoms with E-state index in [0.29, 0.717) is 12.8 Å². The van der Waals surface area contributed by atoms with Gasteiger partial charge in [0, 0.05) is 0 Å². The highest BCUT2D eigenvalue weighted by Crippen LogP contribution is 2.08. The predicted molar refractivity (Wildman–Crippen MR) is 59.7 cm³/mol. The number of rotatable bonds is 4. The molecule has 0 fully saturated rings. The average molecular weight is 217 g/mol. The summed E-state index contributed by atoms with van der Waals surface area (Å²) in [6.45, 7) is 9.22. The van der Waals surface area contributed by atoms with Gasteiger partial charge in [-0.2, -0.15) is 0 Å². The van der Waals surface area contributed by atoms with Crippen LogP contribution in [0, 0.1) is 0 Å². The van der Waals surface area contributed by atoms with Crippen LogP contribution in [0.1, 0.15) is 47.5 Å². The number of aliphatic hydroxyl groups excluding tert-OH is 1. The lowest BCUT2D eigenvalue weighted by Gasteiger charge is -2.25. The third-order valence-electron chi connectivity index (χ3n) is 2.02. The minimum Gasteiger partial charge on any atom is -0.444 e. The molecule has 90 valence electrons.